The fourth-order valence-electron chi connectivity index (χ4n) is 2.79. The van der Waals surface area contributed by atoms with Crippen LogP contribution in [0.1, 0.15) is 31.4 Å². The van der Waals surface area contributed by atoms with E-state index in [2.05, 4.69) is 9.71 Å². The van der Waals surface area contributed by atoms with Gasteiger partial charge in [0.15, 0.2) is 5.13 Å². The quantitative estimate of drug-likeness (QED) is 0.813. The smallest absolute Gasteiger partial charge is 0.263 e. The van der Waals surface area contributed by atoms with E-state index in [1.807, 2.05) is 4.90 Å². The molecule has 0 atom stereocenters. The first-order valence-corrected chi connectivity index (χ1v) is 10.8. The lowest BCUT2D eigenvalue weighted by Crippen LogP contribution is -2.35. The van der Waals surface area contributed by atoms with E-state index in [1.165, 1.54) is 18.6 Å². The molecule has 1 aromatic heterocycles. The van der Waals surface area contributed by atoms with Crippen molar-refractivity contribution in [1.29, 1.82) is 0 Å². The van der Waals surface area contributed by atoms with Crippen molar-refractivity contribution < 1.29 is 17.6 Å². The number of nitrogens with one attached hydrogen (secondary N) is 1. The first-order chi connectivity index (χ1) is 12.4. The number of aryl methyl sites for hydroxylation is 1. The van der Waals surface area contributed by atoms with Gasteiger partial charge in [0.2, 0.25) is 5.91 Å². The predicted octanol–water partition coefficient (Wildman–Crippen LogP) is 3.03. The summed E-state index contributed by atoms with van der Waals surface area (Å²) in [5.74, 6) is -0.384. The Morgan fingerprint density at radius 2 is 1.88 bits per heavy atom. The molecular formula is C17H20FN3O3S2. The van der Waals surface area contributed by atoms with Crippen molar-refractivity contribution in [3.05, 3.63) is 41.2 Å². The molecule has 26 heavy (non-hydrogen) atoms. The van der Waals surface area contributed by atoms with Gasteiger partial charge in [0.05, 0.1) is 10.6 Å². The third-order valence-corrected chi connectivity index (χ3v) is 6.49. The van der Waals surface area contributed by atoms with Crippen LogP contribution in [0.2, 0.25) is 0 Å². The van der Waals surface area contributed by atoms with Gasteiger partial charge in [-0.2, -0.15) is 0 Å². The highest BCUT2D eigenvalue weighted by Crippen LogP contribution is 2.21. The highest BCUT2D eigenvalue weighted by atomic mass is 32.2. The Balaban J connectivity index is 1.57. The number of nitrogens with zero attached hydrogens (tertiary/aromatic N) is 2. The first kappa shape index (κ1) is 18.8. The molecule has 1 aromatic carbocycles. The van der Waals surface area contributed by atoms with Crippen molar-refractivity contribution in [2.75, 3.05) is 17.8 Å². The highest BCUT2D eigenvalue weighted by molar-refractivity contribution is 7.93. The van der Waals surface area contributed by atoms with Gasteiger partial charge < -0.3 is 4.90 Å². The van der Waals surface area contributed by atoms with Gasteiger partial charge in [0.25, 0.3) is 10.0 Å². The normalized spacial score (nSPS) is 15.0. The van der Waals surface area contributed by atoms with E-state index in [4.69, 9.17) is 0 Å². The Kier molecular flexibility index (Phi) is 5.87. The Bertz CT molecular complexity index is 860. The van der Waals surface area contributed by atoms with Gasteiger partial charge in [-0.25, -0.2) is 17.8 Å². The van der Waals surface area contributed by atoms with E-state index in [9.17, 15) is 17.6 Å². The minimum Gasteiger partial charge on any atom is -0.343 e. The lowest BCUT2D eigenvalue weighted by molar-refractivity contribution is -0.132. The Morgan fingerprint density at radius 3 is 2.58 bits per heavy atom. The molecular weight excluding hydrogens is 377 g/mol. The summed E-state index contributed by atoms with van der Waals surface area (Å²) in [6.07, 6.45) is 4.13. The Labute approximate surface area is 156 Å². The summed E-state index contributed by atoms with van der Waals surface area (Å²) in [5.41, 5.74) is 0.678. The molecule has 0 radical (unpaired) electrons. The molecule has 3 rings (SSSR count). The predicted molar refractivity (Wildman–Crippen MR) is 98.1 cm³/mol. The van der Waals surface area contributed by atoms with Crippen molar-refractivity contribution >= 4 is 32.4 Å². The van der Waals surface area contributed by atoms with Gasteiger partial charge in [-0.15, -0.1) is 11.3 Å². The number of likely N-dealkylation sites (tertiary alicyclic amines) is 1. The number of anilines is 1. The SMILES string of the molecule is O=C(CCc1csc(NS(=O)(=O)c2ccc(F)cc2)n1)N1CCCCC1. The zero-order valence-electron chi connectivity index (χ0n) is 14.2. The summed E-state index contributed by atoms with van der Waals surface area (Å²) in [7, 11) is -3.81. The molecule has 0 aliphatic carbocycles. The van der Waals surface area contributed by atoms with Gasteiger partial charge in [-0.1, -0.05) is 0 Å². The lowest BCUT2D eigenvalue weighted by Gasteiger charge is -2.26. The number of aromatic nitrogens is 1. The third-order valence-electron chi connectivity index (χ3n) is 4.20. The molecule has 1 amide bonds. The fourth-order valence-corrected chi connectivity index (χ4v) is 4.79. The molecule has 0 bridgehead atoms. The van der Waals surface area contributed by atoms with Crippen LogP contribution in [0.25, 0.3) is 0 Å². The largest absolute Gasteiger partial charge is 0.343 e. The molecule has 9 heteroatoms. The van der Waals surface area contributed by atoms with Crippen LogP contribution in [0.5, 0.6) is 0 Å². The van der Waals surface area contributed by atoms with Crippen molar-refractivity contribution in [1.82, 2.24) is 9.88 Å². The van der Waals surface area contributed by atoms with E-state index in [0.29, 0.717) is 18.5 Å². The number of sulfonamides is 1. The van der Waals surface area contributed by atoms with E-state index in [-0.39, 0.29) is 15.9 Å². The first-order valence-electron chi connectivity index (χ1n) is 8.44. The number of thiazole rings is 1. The number of rotatable bonds is 6. The summed E-state index contributed by atoms with van der Waals surface area (Å²) in [4.78, 5) is 18.3. The molecule has 1 fully saturated rings. The zero-order chi connectivity index (χ0) is 18.6. The second-order valence-corrected chi connectivity index (χ2v) is 8.69. The van der Waals surface area contributed by atoms with Crippen LogP contribution in [-0.2, 0) is 21.2 Å². The van der Waals surface area contributed by atoms with Crippen molar-refractivity contribution in [3.63, 3.8) is 0 Å². The summed E-state index contributed by atoms with van der Waals surface area (Å²) in [5, 5.41) is 1.97. The lowest BCUT2D eigenvalue weighted by atomic mass is 10.1. The molecule has 1 aliphatic heterocycles. The number of piperidine rings is 1. The monoisotopic (exact) mass is 397 g/mol. The minimum atomic E-state index is -3.81. The standard InChI is InChI=1S/C17H20FN3O3S2/c18-13-4-7-15(8-5-13)26(23,24)20-17-19-14(12-25-17)6-9-16(22)21-10-2-1-3-11-21/h4-5,7-8,12H,1-3,6,9-11H2,(H,19,20). The number of halogens is 1. The molecule has 2 aromatic rings. The van der Waals surface area contributed by atoms with Gasteiger partial charge in [-0.05, 0) is 49.9 Å². The second-order valence-electron chi connectivity index (χ2n) is 6.14. The maximum atomic E-state index is 12.9. The zero-order valence-corrected chi connectivity index (χ0v) is 15.8. The maximum absolute atomic E-state index is 12.9. The fraction of sp³-hybridized carbons (Fsp3) is 0.412. The average molecular weight is 397 g/mol. The maximum Gasteiger partial charge on any atom is 0.263 e. The van der Waals surface area contributed by atoms with Gasteiger partial charge in [0.1, 0.15) is 5.82 Å². The van der Waals surface area contributed by atoms with Crippen LogP contribution >= 0.6 is 11.3 Å². The highest BCUT2D eigenvalue weighted by Gasteiger charge is 2.18. The van der Waals surface area contributed by atoms with Gasteiger partial charge in [-0.3, -0.25) is 9.52 Å². The molecule has 1 aliphatic rings. The van der Waals surface area contributed by atoms with E-state index in [1.54, 1.807) is 5.38 Å². The number of hydrogen-bond acceptors (Lipinski definition) is 5. The van der Waals surface area contributed by atoms with Gasteiger partial charge in [0, 0.05) is 24.9 Å². The van der Waals surface area contributed by atoms with Crippen molar-refractivity contribution in [3.8, 4) is 0 Å². The van der Waals surface area contributed by atoms with Crippen molar-refractivity contribution in [2.45, 2.75) is 37.0 Å². The van der Waals surface area contributed by atoms with Crippen LogP contribution in [0.15, 0.2) is 34.5 Å². The summed E-state index contributed by atoms with van der Waals surface area (Å²) in [6.45, 7) is 1.64. The topological polar surface area (TPSA) is 79.4 Å². The molecule has 6 nitrogen and oxygen atoms in total. The summed E-state index contributed by atoms with van der Waals surface area (Å²) < 4.78 is 39.9. The second kappa shape index (κ2) is 8.13. The molecule has 0 saturated carbocycles. The van der Waals surface area contributed by atoms with E-state index in [0.717, 1.165) is 49.4 Å². The summed E-state index contributed by atoms with van der Waals surface area (Å²) in [6, 6.07) is 4.58. The van der Waals surface area contributed by atoms with Crippen LogP contribution in [0.3, 0.4) is 0 Å². The number of carbonyl (C=O) groups excluding carboxylic acids is 1. The van der Waals surface area contributed by atoms with Crippen LogP contribution in [-0.4, -0.2) is 37.3 Å². The molecule has 1 N–H and O–H groups in total. The van der Waals surface area contributed by atoms with Crippen LogP contribution < -0.4 is 4.72 Å². The molecule has 1 saturated heterocycles. The molecule has 140 valence electrons. The van der Waals surface area contributed by atoms with Crippen molar-refractivity contribution in [2.24, 2.45) is 0 Å². The molecule has 2 heterocycles. The molecule has 0 spiro atoms. The summed E-state index contributed by atoms with van der Waals surface area (Å²) >= 11 is 1.16. The Morgan fingerprint density at radius 1 is 1.19 bits per heavy atom. The Hall–Kier alpha value is -2.00. The number of benzene rings is 1. The van der Waals surface area contributed by atoms with Crippen LogP contribution in [0.4, 0.5) is 9.52 Å². The van der Waals surface area contributed by atoms with Gasteiger partial charge >= 0.3 is 0 Å². The van der Waals surface area contributed by atoms with E-state index >= 15 is 0 Å². The number of carbonyl (C=O) groups is 1. The number of hydrogen-bond donors (Lipinski definition) is 1. The molecule has 0 unspecified atom stereocenters. The third kappa shape index (κ3) is 4.79. The average Bonchev–Trinajstić information content (AvgIpc) is 3.07. The van der Waals surface area contributed by atoms with Crippen LogP contribution in [0, 0.1) is 5.82 Å². The number of amides is 1. The minimum absolute atomic E-state index is 0.0315. The van der Waals surface area contributed by atoms with E-state index < -0.39 is 15.8 Å².